The summed E-state index contributed by atoms with van der Waals surface area (Å²) in [5, 5.41) is 17.7. The van der Waals surface area contributed by atoms with Crippen molar-refractivity contribution in [2.45, 2.75) is 5.41 Å². The SMILES string of the molecule is O=C(O)C1(C(=O)O)C(=C(F)F)c2c(F)c(F)c(F)c(F)c21. The fourth-order valence-electron chi connectivity index (χ4n) is 2.22. The molecule has 21 heavy (non-hydrogen) atoms. The van der Waals surface area contributed by atoms with Crippen molar-refractivity contribution in [3.8, 4) is 0 Å². The van der Waals surface area contributed by atoms with Gasteiger partial charge >= 0.3 is 11.9 Å². The number of carboxylic acids is 2. The maximum atomic E-state index is 13.6. The molecule has 0 bridgehead atoms. The standard InChI is InChI=1S/C11H2F6O4/c12-4-1-2(5(13)7(15)6(4)14)11(9(18)19,10(20)21)3(1)8(16)17/h(H,18,19)(H,20,21). The van der Waals surface area contributed by atoms with Crippen LogP contribution in [0.1, 0.15) is 11.1 Å². The van der Waals surface area contributed by atoms with E-state index in [1.807, 2.05) is 0 Å². The summed E-state index contributed by atoms with van der Waals surface area (Å²) in [4.78, 5) is 22.1. The number of carbonyl (C=O) groups is 2. The van der Waals surface area contributed by atoms with Gasteiger partial charge in [-0.15, -0.1) is 0 Å². The molecule has 4 nitrogen and oxygen atoms in total. The summed E-state index contributed by atoms with van der Waals surface area (Å²) in [6, 6.07) is 0. The van der Waals surface area contributed by atoms with Crippen molar-refractivity contribution in [3.63, 3.8) is 0 Å². The minimum absolute atomic E-state index is 1.60. The number of fused-ring (bicyclic) bond motifs is 1. The van der Waals surface area contributed by atoms with E-state index in [1.165, 1.54) is 0 Å². The lowest BCUT2D eigenvalue weighted by Crippen LogP contribution is -2.53. The Bertz CT molecular complexity index is 721. The minimum atomic E-state index is -3.70. The molecule has 0 saturated carbocycles. The smallest absolute Gasteiger partial charge is 0.330 e. The lowest BCUT2D eigenvalue weighted by Gasteiger charge is -2.39. The Kier molecular flexibility index (Phi) is 3.00. The van der Waals surface area contributed by atoms with E-state index in [2.05, 4.69) is 0 Å². The second kappa shape index (κ2) is 4.24. The van der Waals surface area contributed by atoms with Crippen LogP contribution in [-0.4, -0.2) is 22.2 Å². The highest BCUT2D eigenvalue weighted by Gasteiger charge is 2.66. The van der Waals surface area contributed by atoms with Crippen LogP contribution in [0.4, 0.5) is 26.3 Å². The molecule has 1 aliphatic carbocycles. The van der Waals surface area contributed by atoms with Crippen LogP contribution in [0.2, 0.25) is 0 Å². The maximum Gasteiger partial charge on any atom is 0.330 e. The van der Waals surface area contributed by atoms with E-state index in [9.17, 15) is 35.9 Å². The topological polar surface area (TPSA) is 74.6 Å². The van der Waals surface area contributed by atoms with Gasteiger partial charge in [-0.3, -0.25) is 9.59 Å². The van der Waals surface area contributed by atoms with Crippen LogP contribution in [-0.2, 0) is 15.0 Å². The molecular formula is C11H2F6O4. The second-order valence-corrected chi connectivity index (χ2v) is 4.00. The van der Waals surface area contributed by atoms with Gasteiger partial charge in [0.1, 0.15) is 0 Å². The summed E-state index contributed by atoms with van der Waals surface area (Å²) in [5.41, 5.74) is -8.92. The molecule has 0 heterocycles. The first-order valence-electron chi connectivity index (χ1n) is 4.99. The van der Waals surface area contributed by atoms with E-state index >= 15 is 0 Å². The van der Waals surface area contributed by atoms with Crippen molar-refractivity contribution < 1.29 is 46.1 Å². The van der Waals surface area contributed by atoms with Crippen LogP contribution in [0.3, 0.4) is 0 Å². The molecule has 1 aromatic rings. The molecule has 0 unspecified atom stereocenters. The van der Waals surface area contributed by atoms with Crippen molar-refractivity contribution in [1.29, 1.82) is 0 Å². The van der Waals surface area contributed by atoms with E-state index in [0.717, 1.165) is 0 Å². The van der Waals surface area contributed by atoms with Crippen molar-refractivity contribution >= 4 is 17.5 Å². The monoisotopic (exact) mass is 312 g/mol. The van der Waals surface area contributed by atoms with E-state index < -0.39 is 63.4 Å². The fraction of sp³-hybridized carbons (Fsp3) is 0.0909. The molecule has 0 fully saturated rings. The van der Waals surface area contributed by atoms with Gasteiger partial charge in [-0.1, -0.05) is 0 Å². The van der Waals surface area contributed by atoms with E-state index in [0.29, 0.717) is 0 Å². The first-order chi connectivity index (χ1) is 9.59. The highest BCUT2D eigenvalue weighted by Crippen LogP contribution is 2.56. The fourth-order valence-corrected chi connectivity index (χ4v) is 2.22. The van der Waals surface area contributed by atoms with E-state index in [4.69, 9.17) is 10.2 Å². The van der Waals surface area contributed by atoms with Gasteiger partial charge in [0, 0.05) is 11.1 Å². The van der Waals surface area contributed by atoms with Crippen LogP contribution in [0.15, 0.2) is 6.08 Å². The molecule has 0 amide bonds. The molecule has 112 valence electrons. The summed E-state index contributed by atoms with van der Waals surface area (Å²) in [5.74, 6) is -14.6. The molecule has 0 saturated heterocycles. The van der Waals surface area contributed by atoms with Gasteiger partial charge in [0.2, 0.25) is 5.41 Å². The summed E-state index contributed by atoms with van der Waals surface area (Å²) in [6.07, 6.45) is -2.96. The van der Waals surface area contributed by atoms with Crippen molar-refractivity contribution in [3.05, 3.63) is 40.5 Å². The van der Waals surface area contributed by atoms with Gasteiger partial charge in [-0.25, -0.2) is 17.6 Å². The zero-order valence-electron chi connectivity index (χ0n) is 9.48. The number of rotatable bonds is 2. The van der Waals surface area contributed by atoms with Gasteiger partial charge in [0.05, 0.1) is 5.57 Å². The largest absolute Gasteiger partial charge is 0.480 e. The van der Waals surface area contributed by atoms with Crippen LogP contribution < -0.4 is 0 Å². The molecule has 0 radical (unpaired) electrons. The second-order valence-electron chi connectivity index (χ2n) is 4.00. The Morgan fingerprint density at radius 1 is 0.810 bits per heavy atom. The summed E-state index contributed by atoms with van der Waals surface area (Å²) in [7, 11) is 0. The predicted molar refractivity (Wildman–Crippen MR) is 52.4 cm³/mol. The molecule has 10 heteroatoms. The van der Waals surface area contributed by atoms with Crippen LogP contribution in [0.5, 0.6) is 0 Å². The minimum Gasteiger partial charge on any atom is -0.480 e. The van der Waals surface area contributed by atoms with Crippen LogP contribution in [0, 0.1) is 23.3 Å². The van der Waals surface area contributed by atoms with Crippen molar-refractivity contribution in [2.75, 3.05) is 0 Å². The molecule has 0 aromatic heterocycles. The van der Waals surface area contributed by atoms with Gasteiger partial charge in [-0.2, -0.15) is 8.78 Å². The van der Waals surface area contributed by atoms with Gasteiger partial charge in [-0.05, 0) is 0 Å². The zero-order chi connectivity index (χ0) is 16.3. The quantitative estimate of drug-likeness (QED) is 0.380. The van der Waals surface area contributed by atoms with E-state index in [-0.39, 0.29) is 0 Å². The Morgan fingerprint density at radius 2 is 1.24 bits per heavy atom. The third-order valence-electron chi connectivity index (χ3n) is 3.10. The van der Waals surface area contributed by atoms with Gasteiger partial charge < -0.3 is 10.2 Å². The first kappa shape index (κ1) is 14.9. The number of carboxylic acid groups (broad SMARTS) is 2. The third-order valence-corrected chi connectivity index (χ3v) is 3.10. The molecule has 0 spiro atoms. The van der Waals surface area contributed by atoms with Crippen molar-refractivity contribution in [1.82, 2.24) is 0 Å². The molecule has 0 aliphatic heterocycles. The molecule has 1 aromatic carbocycles. The van der Waals surface area contributed by atoms with Crippen molar-refractivity contribution in [2.24, 2.45) is 0 Å². The number of halogens is 6. The summed E-state index contributed by atoms with van der Waals surface area (Å²) >= 11 is 0. The lowest BCUT2D eigenvalue weighted by molar-refractivity contribution is -0.155. The highest BCUT2D eigenvalue weighted by molar-refractivity contribution is 6.23. The third kappa shape index (κ3) is 1.46. The maximum absolute atomic E-state index is 13.6. The molecule has 2 N–H and O–H groups in total. The highest BCUT2D eigenvalue weighted by atomic mass is 19.3. The number of hydrogen-bond donors (Lipinski definition) is 2. The Morgan fingerprint density at radius 3 is 1.62 bits per heavy atom. The van der Waals surface area contributed by atoms with Crippen LogP contribution >= 0.6 is 0 Å². The lowest BCUT2D eigenvalue weighted by atomic mass is 9.59. The van der Waals surface area contributed by atoms with Gasteiger partial charge in [0.15, 0.2) is 23.3 Å². The summed E-state index contributed by atoms with van der Waals surface area (Å²) in [6.45, 7) is 0. The van der Waals surface area contributed by atoms with Crippen LogP contribution in [0.25, 0.3) is 5.57 Å². The number of aliphatic carboxylic acids is 2. The van der Waals surface area contributed by atoms with E-state index in [1.54, 1.807) is 0 Å². The predicted octanol–water partition coefficient (Wildman–Crippen LogP) is 2.27. The Hall–Kier alpha value is -2.52. The average Bonchev–Trinajstić information content (AvgIpc) is 2.32. The first-order valence-corrected chi connectivity index (χ1v) is 4.99. The molecule has 0 atom stereocenters. The number of benzene rings is 1. The molecule has 1 aliphatic rings. The number of hydrogen-bond acceptors (Lipinski definition) is 2. The Labute approximate surface area is 110 Å². The Balaban J connectivity index is 3.07. The average molecular weight is 312 g/mol. The normalized spacial score (nSPS) is 15.2. The molecule has 2 rings (SSSR count). The molecular weight excluding hydrogens is 310 g/mol. The zero-order valence-corrected chi connectivity index (χ0v) is 9.48. The summed E-state index contributed by atoms with van der Waals surface area (Å²) < 4.78 is 78.6. The van der Waals surface area contributed by atoms with Gasteiger partial charge in [0.25, 0.3) is 6.08 Å².